The van der Waals surface area contributed by atoms with Crippen LogP contribution in [0.5, 0.6) is 0 Å². The average molecular weight is 424 g/mol. The number of nitro benzene ring substituents is 1. The molecule has 0 aliphatic heterocycles. The lowest BCUT2D eigenvalue weighted by atomic mass is 9.98. The van der Waals surface area contributed by atoms with E-state index >= 15 is 0 Å². The summed E-state index contributed by atoms with van der Waals surface area (Å²) in [4.78, 5) is 34.9. The van der Waals surface area contributed by atoms with Gasteiger partial charge < -0.3 is 10.6 Å². The van der Waals surface area contributed by atoms with Crippen molar-refractivity contribution >= 4 is 29.1 Å². The van der Waals surface area contributed by atoms with Crippen LogP contribution in [0.1, 0.15) is 27.5 Å². The fourth-order valence-electron chi connectivity index (χ4n) is 2.87. The summed E-state index contributed by atoms with van der Waals surface area (Å²) in [6.45, 7) is -0.243. The molecule has 152 valence electrons. The molecule has 2 amide bonds. The number of nitro groups is 1. The number of carbonyl (C=O) groups is 2. The van der Waals surface area contributed by atoms with Crippen LogP contribution in [0.15, 0.2) is 78.9 Å². The number of hydrogen-bond donors (Lipinski definition) is 2. The molecule has 1 unspecified atom stereocenters. The molecule has 1 atom stereocenters. The number of non-ortho nitro benzene ring substituents is 1. The topological polar surface area (TPSA) is 101 Å². The van der Waals surface area contributed by atoms with Crippen molar-refractivity contribution in [2.24, 2.45) is 0 Å². The normalized spacial score (nSPS) is 11.4. The predicted molar refractivity (Wildman–Crippen MR) is 113 cm³/mol. The summed E-state index contributed by atoms with van der Waals surface area (Å²) in [6, 6.07) is 21.3. The summed E-state index contributed by atoms with van der Waals surface area (Å²) in [5.74, 6) is -0.878. The van der Waals surface area contributed by atoms with Crippen molar-refractivity contribution in [1.29, 1.82) is 0 Å². The van der Waals surface area contributed by atoms with Crippen molar-refractivity contribution in [3.05, 3.63) is 111 Å². The highest BCUT2D eigenvalue weighted by atomic mass is 35.5. The molecule has 7 nitrogen and oxygen atoms in total. The first-order chi connectivity index (χ1) is 14.4. The van der Waals surface area contributed by atoms with E-state index in [1.165, 1.54) is 24.3 Å². The zero-order valence-corrected chi connectivity index (χ0v) is 16.5. The molecule has 3 rings (SSSR count). The van der Waals surface area contributed by atoms with E-state index in [1.807, 2.05) is 42.5 Å². The van der Waals surface area contributed by atoms with Gasteiger partial charge in [0.2, 0.25) is 5.91 Å². The third-order valence-electron chi connectivity index (χ3n) is 4.39. The van der Waals surface area contributed by atoms with Crippen LogP contribution in [0.2, 0.25) is 5.02 Å². The predicted octanol–water partition coefficient (Wildman–Crippen LogP) is 3.88. The molecule has 0 aliphatic rings. The van der Waals surface area contributed by atoms with E-state index in [1.54, 1.807) is 12.1 Å². The lowest BCUT2D eigenvalue weighted by Crippen LogP contribution is -2.39. The third-order valence-corrected chi connectivity index (χ3v) is 4.64. The first kappa shape index (κ1) is 21.0. The Morgan fingerprint density at radius 1 is 0.900 bits per heavy atom. The number of nitrogens with zero attached hydrogens (tertiary/aromatic N) is 1. The molecule has 0 saturated heterocycles. The minimum atomic E-state index is -0.546. The zero-order chi connectivity index (χ0) is 21.5. The minimum Gasteiger partial charge on any atom is -0.344 e. The lowest BCUT2D eigenvalue weighted by Gasteiger charge is -2.20. The van der Waals surface area contributed by atoms with Crippen molar-refractivity contribution in [2.45, 2.75) is 6.04 Å². The smallest absolute Gasteiger partial charge is 0.269 e. The number of rotatable bonds is 7. The molecule has 0 spiro atoms. The standard InChI is InChI=1S/C22H18ClN3O4/c23-18-10-6-16(7-11-18)21(15-4-2-1-3-5-15)25-20(27)14-24-22(28)17-8-12-19(13-9-17)26(29)30/h1-13,21H,14H2,(H,24,28)(H,25,27). The lowest BCUT2D eigenvalue weighted by molar-refractivity contribution is -0.384. The van der Waals surface area contributed by atoms with Gasteiger partial charge in [0.1, 0.15) is 0 Å². The molecule has 0 aliphatic carbocycles. The summed E-state index contributed by atoms with van der Waals surface area (Å²) in [5.41, 5.74) is 1.85. The molecule has 0 heterocycles. The summed E-state index contributed by atoms with van der Waals surface area (Å²) >= 11 is 5.97. The first-order valence-electron chi connectivity index (χ1n) is 9.06. The van der Waals surface area contributed by atoms with Gasteiger partial charge in [-0.3, -0.25) is 19.7 Å². The fraction of sp³-hybridized carbons (Fsp3) is 0.0909. The molecule has 30 heavy (non-hydrogen) atoms. The molecule has 0 fully saturated rings. The number of hydrogen-bond acceptors (Lipinski definition) is 4. The van der Waals surface area contributed by atoms with Gasteiger partial charge in [-0.2, -0.15) is 0 Å². The highest BCUT2D eigenvalue weighted by Gasteiger charge is 2.18. The van der Waals surface area contributed by atoms with E-state index in [0.717, 1.165) is 11.1 Å². The molecule has 3 aromatic carbocycles. The highest BCUT2D eigenvalue weighted by Crippen LogP contribution is 2.23. The highest BCUT2D eigenvalue weighted by molar-refractivity contribution is 6.30. The van der Waals surface area contributed by atoms with Crippen molar-refractivity contribution < 1.29 is 14.5 Å². The SMILES string of the molecule is O=C(CNC(=O)c1ccc([N+](=O)[O-])cc1)NC(c1ccccc1)c1ccc(Cl)cc1. The largest absolute Gasteiger partial charge is 0.344 e. The van der Waals surface area contributed by atoms with Crippen LogP contribution in [0.4, 0.5) is 5.69 Å². The average Bonchev–Trinajstić information content (AvgIpc) is 2.77. The zero-order valence-electron chi connectivity index (χ0n) is 15.7. The van der Waals surface area contributed by atoms with E-state index in [4.69, 9.17) is 11.6 Å². The monoisotopic (exact) mass is 423 g/mol. The van der Waals surface area contributed by atoms with E-state index in [0.29, 0.717) is 5.02 Å². The molecule has 0 saturated carbocycles. The first-order valence-corrected chi connectivity index (χ1v) is 9.44. The molecule has 2 N–H and O–H groups in total. The quantitative estimate of drug-likeness (QED) is 0.444. The Bertz CT molecular complexity index is 1040. The second kappa shape index (κ2) is 9.67. The van der Waals surface area contributed by atoms with Gasteiger partial charge in [-0.05, 0) is 35.4 Å². The molecular weight excluding hydrogens is 406 g/mol. The van der Waals surface area contributed by atoms with Gasteiger partial charge in [-0.25, -0.2) is 0 Å². The number of amides is 2. The summed E-state index contributed by atoms with van der Waals surface area (Å²) in [5, 5.41) is 16.7. The van der Waals surface area contributed by atoms with Gasteiger partial charge in [0.15, 0.2) is 0 Å². The Morgan fingerprint density at radius 2 is 1.50 bits per heavy atom. The second-order valence-corrected chi connectivity index (χ2v) is 6.89. The molecular formula is C22H18ClN3O4. The van der Waals surface area contributed by atoms with Gasteiger partial charge in [-0.1, -0.05) is 54.1 Å². The Kier molecular flexibility index (Phi) is 6.77. The van der Waals surface area contributed by atoms with Crippen molar-refractivity contribution in [3.8, 4) is 0 Å². The Balaban J connectivity index is 1.66. The van der Waals surface area contributed by atoms with E-state index in [2.05, 4.69) is 10.6 Å². The number of halogens is 1. The van der Waals surface area contributed by atoms with Crippen molar-refractivity contribution in [2.75, 3.05) is 6.54 Å². The van der Waals surface area contributed by atoms with E-state index in [9.17, 15) is 19.7 Å². The Hall–Kier alpha value is -3.71. The Morgan fingerprint density at radius 3 is 2.10 bits per heavy atom. The van der Waals surface area contributed by atoms with Crippen LogP contribution in [0.25, 0.3) is 0 Å². The van der Waals surface area contributed by atoms with Crippen LogP contribution >= 0.6 is 11.6 Å². The van der Waals surface area contributed by atoms with E-state index < -0.39 is 16.9 Å². The van der Waals surface area contributed by atoms with Gasteiger partial charge in [0.25, 0.3) is 11.6 Å². The van der Waals surface area contributed by atoms with Crippen molar-refractivity contribution in [3.63, 3.8) is 0 Å². The molecule has 0 aromatic heterocycles. The summed E-state index contributed by atoms with van der Waals surface area (Å²) in [7, 11) is 0. The van der Waals surface area contributed by atoms with E-state index in [-0.39, 0.29) is 23.7 Å². The van der Waals surface area contributed by atoms with Crippen LogP contribution in [-0.4, -0.2) is 23.3 Å². The molecule has 0 radical (unpaired) electrons. The maximum absolute atomic E-state index is 12.5. The van der Waals surface area contributed by atoms with Gasteiger partial charge in [0.05, 0.1) is 17.5 Å². The van der Waals surface area contributed by atoms with Crippen molar-refractivity contribution in [1.82, 2.24) is 10.6 Å². The molecule has 8 heteroatoms. The molecule has 0 bridgehead atoms. The number of benzene rings is 3. The van der Waals surface area contributed by atoms with Crippen LogP contribution in [0.3, 0.4) is 0 Å². The Labute approximate surface area is 177 Å². The van der Waals surface area contributed by atoms with Gasteiger partial charge >= 0.3 is 0 Å². The van der Waals surface area contributed by atoms with Crippen LogP contribution in [-0.2, 0) is 4.79 Å². The molecule has 3 aromatic rings. The summed E-state index contributed by atoms with van der Waals surface area (Å²) < 4.78 is 0. The van der Waals surface area contributed by atoms with Gasteiger partial charge in [-0.15, -0.1) is 0 Å². The summed E-state index contributed by atoms with van der Waals surface area (Å²) in [6.07, 6.45) is 0. The fourth-order valence-corrected chi connectivity index (χ4v) is 2.99. The maximum Gasteiger partial charge on any atom is 0.269 e. The minimum absolute atomic E-state index is 0.113. The van der Waals surface area contributed by atoms with Gasteiger partial charge in [0, 0.05) is 22.7 Å². The maximum atomic E-state index is 12.5. The number of carbonyl (C=O) groups excluding carboxylic acids is 2. The third kappa shape index (κ3) is 5.42. The van der Waals surface area contributed by atoms with Crippen LogP contribution < -0.4 is 10.6 Å². The number of nitrogens with one attached hydrogen (secondary N) is 2. The van der Waals surface area contributed by atoms with Crippen LogP contribution in [0, 0.1) is 10.1 Å². The second-order valence-electron chi connectivity index (χ2n) is 6.45.